The lowest BCUT2D eigenvalue weighted by atomic mass is 9.97. The summed E-state index contributed by atoms with van der Waals surface area (Å²) in [5.41, 5.74) is 0.0941. The lowest BCUT2D eigenvalue weighted by Gasteiger charge is -2.41. The van der Waals surface area contributed by atoms with E-state index in [2.05, 4.69) is 10.6 Å². The standard InChI is InChI=1S/C14H18FN3O2/c1-14(2)13(20)17-12(19)8-18(14)11-5-4-9(7-16-3)6-10(11)15/h4-6,16H,7-8H2,1-3H3,(H,17,19,20). The number of nitrogens with one attached hydrogen (secondary N) is 2. The van der Waals surface area contributed by atoms with Crippen LogP contribution in [0.15, 0.2) is 18.2 Å². The largest absolute Gasteiger partial charge is 0.346 e. The predicted octanol–water partition coefficient (Wildman–Crippen LogP) is 0.786. The van der Waals surface area contributed by atoms with Gasteiger partial charge in [0.2, 0.25) is 5.91 Å². The van der Waals surface area contributed by atoms with Crippen molar-refractivity contribution >= 4 is 17.5 Å². The van der Waals surface area contributed by atoms with Gasteiger partial charge in [0.1, 0.15) is 11.4 Å². The van der Waals surface area contributed by atoms with Crippen LogP contribution in [-0.4, -0.2) is 30.9 Å². The Morgan fingerprint density at radius 3 is 2.70 bits per heavy atom. The third-order valence-corrected chi connectivity index (χ3v) is 3.47. The van der Waals surface area contributed by atoms with Gasteiger partial charge < -0.3 is 10.2 Å². The predicted molar refractivity (Wildman–Crippen MR) is 73.7 cm³/mol. The quantitative estimate of drug-likeness (QED) is 0.803. The first kappa shape index (κ1) is 14.5. The summed E-state index contributed by atoms with van der Waals surface area (Å²) in [6.45, 7) is 3.84. The molecule has 0 radical (unpaired) electrons. The molecule has 0 spiro atoms. The van der Waals surface area contributed by atoms with Gasteiger partial charge in [-0.2, -0.15) is 0 Å². The lowest BCUT2D eigenvalue weighted by Crippen LogP contribution is -2.64. The van der Waals surface area contributed by atoms with E-state index in [-0.39, 0.29) is 12.2 Å². The van der Waals surface area contributed by atoms with Gasteiger partial charge in [-0.05, 0) is 38.6 Å². The fraction of sp³-hybridized carbons (Fsp3) is 0.429. The number of carbonyl (C=O) groups excluding carboxylic acids is 2. The zero-order valence-electron chi connectivity index (χ0n) is 11.8. The molecule has 0 saturated carbocycles. The number of benzene rings is 1. The number of amides is 2. The van der Waals surface area contributed by atoms with Crippen molar-refractivity contribution in [2.75, 3.05) is 18.5 Å². The summed E-state index contributed by atoms with van der Waals surface area (Å²) in [6.07, 6.45) is 0. The Hall–Kier alpha value is -1.95. The van der Waals surface area contributed by atoms with Gasteiger partial charge in [-0.25, -0.2) is 4.39 Å². The summed E-state index contributed by atoms with van der Waals surface area (Å²) >= 11 is 0. The SMILES string of the molecule is CNCc1ccc(N2CC(=O)NC(=O)C2(C)C)c(F)c1. The van der Waals surface area contributed by atoms with Crippen LogP contribution in [0.5, 0.6) is 0 Å². The zero-order chi connectivity index (χ0) is 14.9. The molecular formula is C14H18FN3O2. The number of anilines is 1. The lowest BCUT2D eigenvalue weighted by molar-refractivity contribution is -0.135. The van der Waals surface area contributed by atoms with Crippen LogP contribution in [-0.2, 0) is 16.1 Å². The number of nitrogens with zero attached hydrogens (tertiary/aromatic N) is 1. The van der Waals surface area contributed by atoms with Gasteiger partial charge in [0.15, 0.2) is 0 Å². The van der Waals surface area contributed by atoms with E-state index >= 15 is 0 Å². The van der Waals surface area contributed by atoms with Crippen LogP contribution in [0, 0.1) is 5.82 Å². The Kier molecular flexibility index (Phi) is 3.76. The number of hydrogen-bond acceptors (Lipinski definition) is 4. The molecule has 6 heteroatoms. The molecule has 1 aromatic rings. The second-order valence-electron chi connectivity index (χ2n) is 5.34. The Bertz CT molecular complexity index is 557. The topological polar surface area (TPSA) is 61.4 Å². The Balaban J connectivity index is 2.38. The molecule has 0 bridgehead atoms. The van der Waals surface area contributed by atoms with Gasteiger partial charge in [-0.1, -0.05) is 6.07 Å². The first-order valence-electron chi connectivity index (χ1n) is 6.41. The highest BCUT2D eigenvalue weighted by Crippen LogP contribution is 2.29. The summed E-state index contributed by atoms with van der Waals surface area (Å²) in [6, 6.07) is 4.80. The molecule has 0 aromatic heterocycles. The van der Waals surface area contributed by atoms with Crippen molar-refractivity contribution in [3.8, 4) is 0 Å². The highest BCUT2D eigenvalue weighted by atomic mass is 19.1. The minimum atomic E-state index is -0.973. The molecule has 1 aliphatic rings. The molecule has 0 aliphatic carbocycles. The third-order valence-electron chi connectivity index (χ3n) is 3.47. The Morgan fingerprint density at radius 2 is 2.10 bits per heavy atom. The van der Waals surface area contributed by atoms with Crippen LogP contribution >= 0.6 is 0 Å². The average Bonchev–Trinajstić information content (AvgIpc) is 2.35. The van der Waals surface area contributed by atoms with E-state index < -0.39 is 23.2 Å². The van der Waals surface area contributed by atoms with Crippen molar-refractivity contribution in [3.05, 3.63) is 29.6 Å². The van der Waals surface area contributed by atoms with E-state index in [9.17, 15) is 14.0 Å². The minimum Gasteiger partial charge on any atom is -0.346 e. The zero-order valence-corrected chi connectivity index (χ0v) is 11.8. The number of piperazine rings is 1. The number of imide groups is 1. The van der Waals surface area contributed by atoms with Crippen LogP contribution < -0.4 is 15.5 Å². The van der Waals surface area contributed by atoms with Crippen LogP contribution in [0.2, 0.25) is 0 Å². The van der Waals surface area contributed by atoms with Crippen LogP contribution in [0.4, 0.5) is 10.1 Å². The molecule has 108 valence electrons. The van der Waals surface area contributed by atoms with Crippen LogP contribution in [0.25, 0.3) is 0 Å². The monoisotopic (exact) mass is 279 g/mol. The second kappa shape index (κ2) is 5.20. The Morgan fingerprint density at radius 1 is 1.40 bits per heavy atom. The number of rotatable bonds is 3. The molecule has 20 heavy (non-hydrogen) atoms. The number of halogens is 1. The maximum Gasteiger partial charge on any atom is 0.251 e. The number of carbonyl (C=O) groups is 2. The van der Waals surface area contributed by atoms with E-state index in [0.29, 0.717) is 6.54 Å². The first-order chi connectivity index (χ1) is 9.36. The van der Waals surface area contributed by atoms with Gasteiger partial charge in [-0.3, -0.25) is 14.9 Å². The average molecular weight is 279 g/mol. The molecule has 1 saturated heterocycles. The molecule has 1 heterocycles. The van der Waals surface area contributed by atoms with Crippen LogP contribution in [0.3, 0.4) is 0 Å². The van der Waals surface area contributed by atoms with Crippen molar-refractivity contribution in [2.24, 2.45) is 0 Å². The molecular weight excluding hydrogens is 261 g/mol. The highest BCUT2D eigenvalue weighted by Gasteiger charge is 2.41. The smallest absolute Gasteiger partial charge is 0.251 e. The first-order valence-corrected chi connectivity index (χ1v) is 6.41. The summed E-state index contributed by atoms with van der Waals surface area (Å²) in [5.74, 6) is -1.28. The van der Waals surface area contributed by atoms with Crippen molar-refractivity contribution in [1.29, 1.82) is 0 Å². The van der Waals surface area contributed by atoms with Gasteiger partial charge in [-0.15, -0.1) is 0 Å². The van der Waals surface area contributed by atoms with Gasteiger partial charge in [0.05, 0.1) is 12.2 Å². The molecule has 2 N–H and O–H groups in total. The normalized spacial score (nSPS) is 18.1. The van der Waals surface area contributed by atoms with Gasteiger partial charge in [0.25, 0.3) is 5.91 Å². The molecule has 0 atom stereocenters. The Labute approximate surface area is 117 Å². The van der Waals surface area contributed by atoms with Crippen molar-refractivity contribution < 1.29 is 14.0 Å². The molecule has 1 fully saturated rings. The van der Waals surface area contributed by atoms with Crippen molar-refractivity contribution in [3.63, 3.8) is 0 Å². The van der Waals surface area contributed by atoms with E-state index in [1.165, 1.54) is 11.0 Å². The molecule has 2 amide bonds. The summed E-state index contributed by atoms with van der Waals surface area (Å²) < 4.78 is 14.2. The molecule has 0 unspecified atom stereocenters. The summed E-state index contributed by atoms with van der Waals surface area (Å²) in [5, 5.41) is 5.21. The second-order valence-corrected chi connectivity index (χ2v) is 5.34. The molecule has 2 rings (SSSR count). The van der Waals surface area contributed by atoms with Crippen molar-refractivity contribution in [1.82, 2.24) is 10.6 Å². The van der Waals surface area contributed by atoms with Crippen LogP contribution in [0.1, 0.15) is 19.4 Å². The van der Waals surface area contributed by atoms with E-state index in [1.807, 2.05) is 0 Å². The third kappa shape index (κ3) is 2.51. The fourth-order valence-electron chi connectivity index (χ4n) is 2.25. The highest BCUT2D eigenvalue weighted by molar-refractivity contribution is 6.06. The maximum absolute atomic E-state index is 14.2. The van der Waals surface area contributed by atoms with E-state index in [0.717, 1.165) is 5.56 Å². The van der Waals surface area contributed by atoms with E-state index in [1.54, 1.807) is 33.0 Å². The van der Waals surface area contributed by atoms with Crippen molar-refractivity contribution in [2.45, 2.75) is 25.9 Å². The maximum atomic E-state index is 14.2. The van der Waals surface area contributed by atoms with Gasteiger partial charge in [0, 0.05) is 6.54 Å². The molecule has 1 aliphatic heterocycles. The van der Waals surface area contributed by atoms with E-state index in [4.69, 9.17) is 0 Å². The summed E-state index contributed by atoms with van der Waals surface area (Å²) in [4.78, 5) is 24.9. The van der Waals surface area contributed by atoms with Gasteiger partial charge >= 0.3 is 0 Å². The minimum absolute atomic E-state index is 0.0406. The fourth-order valence-corrected chi connectivity index (χ4v) is 2.25. The molecule has 1 aromatic carbocycles. The number of hydrogen-bond donors (Lipinski definition) is 2. The summed E-state index contributed by atoms with van der Waals surface area (Å²) in [7, 11) is 1.78. The molecule has 5 nitrogen and oxygen atoms in total.